The summed E-state index contributed by atoms with van der Waals surface area (Å²) in [5.74, 6) is 1.67. The zero-order chi connectivity index (χ0) is 18.4. The Bertz CT molecular complexity index is 542. The molecule has 1 aliphatic rings. The summed E-state index contributed by atoms with van der Waals surface area (Å²) in [6, 6.07) is 8.19. The highest BCUT2D eigenvalue weighted by Gasteiger charge is 2.31. The zero-order valence-electron chi connectivity index (χ0n) is 16.4. The van der Waals surface area contributed by atoms with Crippen LogP contribution in [0.3, 0.4) is 0 Å². The Hall–Kier alpha value is -1.59. The second-order valence-corrected chi connectivity index (χ2v) is 7.62. The molecular formula is C20H33N3O2. The SMILES string of the molecule is CC(C)CN1CCN(Cc2ccc(OCCN(C)C)cc2)[C@@H](C)C1=O. The third kappa shape index (κ3) is 6.01. The lowest BCUT2D eigenvalue weighted by atomic mass is 10.1. The van der Waals surface area contributed by atoms with Gasteiger partial charge in [-0.05, 0) is 44.6 Å². The molecule has 5 heteroatoms. The van der Waals surface area contributed by atoms with E-state index in [9.17, 15) is 4.79 Å². The Labute approximate surface area is 152 Å². The topological polar surface area (TPSA) is 36.0 Å². The summed E-state index contributed by atoms with van der Waals surface area (Å²) in [6.45, 7) is 11.4. The van der Waals surface area contributed by atoms with Crippen LogP contribution in [-0.4, -0.2) is 73.5 Å². The highest BCUT2D eigenvalue weighted by molar-refractivity contribution is 5.82. The number of carbonyl (C=O) groups excluding carboxylic acids is 1. The van der Waals surface area contributed by atoms with E-state index >= 15 is 0 Å². The number of ether oxygens (including phenoxy) is 1. The summed E-state index contributed by atoms with van der Waals surface area (Å²) in [6.07, 6.45) is 0. The van der Waals surface area contributed by atoms with Gasteiger partial charge in [-0.1, -0.05) is 26.0 Å². The minimum atomic E-state index is -0.0523. The molecule has 1 atom stereocenters. The molecule has 1 aromatic rings. The Kier molecular flexibility index (Phi) is 7.26. The van der Waals surface area contributed by atoms with Crippen molar-refractivity contribution in [3.05, 3.63) is 29.8 Å². The lowest BCUT2D eigenvalue weighted by molar-refractivity contribution is -0.141. The van der Waals surface area contributed by atoms with Crippen molar-refractivity contribution in [2.24, 2.45) is 5.92 Å². The van der Waals surface area contributed by atoms with Crippen LogP contribution >= 0.6 is 0 Å². The third-order valence-corrected chi connectivity index (χ3v) is 4.58. The molecule has 0 radical (unpaired) electrons. The molecule has 0 saturated carbocycles. The smallest absolute Gasteiger partial charge is 0.239 e. The van der Waals surface area contributed by atoms with Crippen LogP contribution in [0.4, 0.5) is 0 Å². The predicted octanol–water partition coefficient (Wildman–Crippen LogP) is 2.32. The average Bonchev–Trinajstić information content (AvgIpc) is 2.55. The lowest BCUT2D eigenvalue weighted by Crippen LogP contribution is -2.56. The van der Waals surface area contributed by atoms with Gasteiger partial charge >= 0.3 is 0 Å². The van der Waals surface area contributed by atoms with E-state index < -0.39 is 0 Å². The standard InChI is InChI=1S/C20H33N3O2/c1-16(2)14-23-11-10-22(17(3)20(23)24)15-18-6-8-19(9-7-18)25-13-12-21(4)5/h6-9,16-17H,10-15H2,1-5H3/t17-/m0/s1. The van der Waals surface area contributed by atoms with Crippen LogP contribution < -0.4 is 4.74 Å². The molecule has 2 rings (SSSR count). The molecule has 0 aromatic heterocycles. The summed E-state index contributed by atoms with van der Waals surface area (Å²) in [5, 5.41) is 0. The first kappa shape index (κ1) is 19.7. The van der Waals surface area contributed by atoms with Gasteiger partial charge in [0, 0.05) is 32.7 Å². The molecule has 0 spiro atoms. The molecule has 25 heavy (non-hydrogen) atoms. The molecule has 0 aliphatic carbocycles. The fourth-order valence-corrected chi connectivity index (χ4v) is 3.08. The quantitative estimate of drug-likeness (QED) is 0.723. The molecule has 1 fully saturated rings. The maximum atomic E-state index is 12.5. The molecule has 5 nitrogen and oxygen atoms in total. The maximum absolute atomic E-state index is 12.5. The Morgan fingerprint density at radius 3 is 2.48 bits per heavy atom. The zero-order valence-corrected chi connectivity index (χ0v) is 16.4. The van der Waals surface area contributed by atoms with Gasteiger partial charge in [-0.25, -0.2) is 0 Å². The van der Waals surface area contributed by atoms with Gasteiger partial charge < -0.3 is 14.5 Å². The molecule has 0 bridgehead atoms. The van der Waals surface area contributed by atoms with Crippen LogP contribution in [0.25, 0.3) is 0 Å². The molecule has 1 aliphatic heterocycles. The predicted molar refractivity (Wildman–Crippen MR) is 102 cm³/mol. The number of hydrogen-bond acceptors (Lipinski definition) is 4. The van der Waals surface area contributed by atoms with Crippen LogP contribution in [0.15, 0.2) is 24.3 Å². The van der Waals surface area contributed by atoms with Gasteiger partial charge in [-0.3, -0.25) is 9.69 Å². The van der Waals surface area contributed by atoms with Crippen molar-refractivity contribution in [1.82, 2.24) is 14.7 Å². The molecule has 0 N–H and O–H groups in total. The van der Waals surface area contributed by atoms with E-state index in [1.54, 1.807) is 0 Å². The van der Waals surface area contributed by atoms with Crippen LogP contribution in [0.5, 0.6) is 5.75 Å². The van der Waals surface area contributed by atoms with Gasteiger partial charge in [0.05, 0.1) is 6.04 Å². The van der Waals surface area contributed by atoms with Crippen molar-refractivity contribution in [3.63, 3.8) is 0 Å². The van der Waals surface area contributed by atoms with Crippen molar-refractivity contribution in [2.75, 3.05) is 46.9 Å². The van der Waals surface area contributed by atoms with Crippen molar-refractivity contribution in [3.8, 4) is 5.75 Å². The van der Waals surface area contributed by atoms with Gasteiger partial charge in [0.2, 0.25) is 5.91 Å². The minimum absolute atomic E-state index is 0.0523. The Morgan fingerprint density at radius 2 is 1.88 bits per heavy atom. The molecule has 1 saturated heterocycles. The van der Waals surface area contributed by atoms with Crippen LogP contribution in [-0.2, 0) is 11.3 Å². The summed E-state index contributed by atoms with van der Waals surface area (Å²) < 4.78 is 5.73. The van der Waals surface area contributed by atoms with E-state index in [1.807, 2.05) is 38.1 Å². The number of piperazine rings is 1. The minimum Gasteiger partial charge on any atom is -0.492 e. The molecule has 140 valence electrons. The first-order chi connectivity index (χ1) is 11.9. The summed E-state index contributed by atoms with van der Waals surface area (Å²) >= 11 is 0. The van der Waals surface area contributed by atoms with Crippen molar-refractivity contribution >= 4 is 5.91 Å². The molecule has 1 heterocycles. The van der Waals surface area contributed by atoms with Crippen LogP contribution in [0.2, 0.25) is 0 Å². The van der Waals surface area contributed by atoms with E-state index in [0.29, 0.717) is 12.5 Å². The van der Waals surface area contributed by atoms with E-state index in [4.69, 9.17) is 4.74 Å². The number of amides is 1. The largest absolute Gasteiger partial charge is 0.492 e. The van der Waals surface area contributed by atoms with E-state index in [-0.39, 0.29) is 11.9 Å². The fraction of sp³-hybridized carbons (Fsp3) is 0.650. The van der Waals surface area contributed by atoms with E-state index in [0.717, 1.165) is 38.5 Å². The molecule has 0 unspecified atom stereocenters. The van der Waals surface area contributed by atoms with Crippen LogP contribution in [0.1, 0.15) is 26.3 Å². The number of nitrogens with zero attached hydrogens (tertiary/aromatic N) is 3. The number of benzene rings is 1. The third-order valence-electron chi connectivity index (χ3n) is 4.58. The summed E-state index contributed by atoms with van der Waals surface area (Å²) in [4.78, 5) is 18.9. The summed E-state index contributed by atoms with van der Waals surface area (Å²) in [7, 11) is 4.08. The van der Waals surface area contributed by atoms with E-state index in [1.165, 1.54) is 5.56 Å². The van der Waals surface area contributed by atoms with Crippen molar-refractivity contribution in [2.45, 2.75) is 33.4 Å². The number of carbonyl (C=O) groups is 1. The normalized spacial score (nSPS) is 19.1. The number of likely N-dealkylation sites (N-methyl/N-ethyl adjacent to an activating group) is 1. The second kappa shape index (κ2) is 9.20. The van der Waals surface area contributed by atoms with Crippen molar-refractivity contribution < 1.29 is 9.53 Å². The highest BCUT2D eigenvalue weighted by Crippen LogP contribution is 2.18. The van der Waals surface area contributed by atoms with Gasteiger partial charge in [0.1, 0.15) is 12.4 Å². The van der Waals surface area contributed by atoms with Crippen LogP contribution in [0, 0.1) is 5.92 Å². The maximum Gasteiger partial charge on any atom is 0.239 e. The Morgan fingerprint density at radius 1 is 1.20 bits per heavy atom. The van der Waals surface area contributed by atoms with E-state index in [2.05, 4.69) is 35.8 Å². The first-order valence-corrected chi connectivity index (χ1v) is 9.26. The number of rotatable bonds is 8. The number of hydrogen-bond donors (Lipinski definition) is 0. The summed E-state index contributed by atoms with van der Waals surface area (Å²) in [5.41, 5.74) is 1.22. The Balaban J connectivity index is 1.86. The van der Waals surface area contributed by atoms with Crippen molar-refractivity contribution in [1.29, 1.82) is 0 Å². The van der Waals surface area contributed by atoms with Gasteiger partial charge in [-0.2, -0.15) is 0 Å². The van der Waals surface area contributed by atoms with Gasteiger partial charge in [0.15, 0.2) is 0 Å². The fourth-order valence-electron chi connectivity index (χ4n) is 3.08. The average molecular weight is 348 g/mol. The van der Waals surface area contributed by atoms with Gasteiger partial charge in [0.25, 0.3) is 0 Å². The second-order valence-electron chi connectivity index (χ2n) is 7.62. The lowest BCUT2D eigenvalue weighted by Gasteiger charge is -2.39. The van der Waals surface area contributed by atoms with Gasteiger partial charge in [-0.15, -0.1) is 0 Å². The highest BCUT2D eigenvalue weighted by atomic mass is 16.5. The first-order valence-electron chi connectivity index (χ1n) is 9.26. The molecular weight excluding hydrogens is 314 g/mol. The monoisotopic (exact) mass is 347 g/mol. The molecule has 1 aromatic carbocycles. The molecule has 1 amide bonds.